The number of aliphatic hydroxyl groups excluding tert-OH is 1. The molecule has 112 valence electrons. The number of esters is 1. The van der Waals surface area contributed by atoms with Gasteiger partial charge in [0.05, 0.1) is 13.2 Å². The maximum atomic E-state index is 12.1. The van der Waals surface area contributed by atoms with Crippen molar-refractivity contribution in [3.63, 3.8) is 0 Å². The quantitative estimate of drug-likeness (QED) is 0.648. The van der Waals surface area contributed by atoms with Gasteiger partial charge < -0.3 is 14.7 Å². The van der Waals surface area contributed by atoms with Crippen LogP contribution in [0.2, 0.25) is 0 Å². The summed E-state index contributed by atoms with van der Waals surface area (Å²) in [5.74, 6) is -0.116. The van der Waals surface area contributed by atoms with Crippen molar-refractivity contribution in [2.24, 2.45) is 5.92 Å². The van der Waals surface area contributed by atoms with Crippen molar-refractivity contribution in [3.05, 3.63) is 0 Å². The van der Waals surface area contributed by atoms with Crippen LogP contribution in [-0.4, -0.2) is 48.2 Å². The van der Waals surface area contributed by atoms with Gasteiger partial charge in [0.2, 0.25) is 5.91 Å². The van der Waals surface area contributed by atoms with Gasteiger partial charge in [0, 0.05) is 13.0 Å². The zero-order chi connectivity index (χ0) is 14.8. The molecule has 0 aromatic heterocycles. The molecule has 0 aliphatic rings. The minimum absolute atomic E-state index is 0.00829. The van der Waals surface area contributed by atoms with Crippen LogP contribution in [0.5, 0.6) is 0 Å². The van der Waals surface area contributed by atoms with E-state index >= 15 is 0 Å². The minimum atomic E-state index is -0.503. The maximum Gasteiger partial charge on any atom is 0.325 e. The topological polar surface area (TPSA) is 66.8 Å². The average Bonchev–Trinajstić information content (AvgIpc) is 2.40. The Bertz CT molecular complexity index is 275. The minimum Gasteiger partial charge on any atom is -0.468 e. The SMILES string of the molecule is CCC(CC)CN(CC(=O)OC)C(=O)CCC(C)O. The zero-order valence-electron chi connectivity index (χ0n) is 12.5. The van der Waals surface area contributed by atoms with Crippen LogP contribution in [0.3, 0.4) is 0 Å². The number of aliphatic hydroxyl groups is 1. The second-order valence-corrected chi connectivity index (χ2v) is 4.92. The van der Waals surface area contributed by atoms with Crippen LogP contribution < -0.4 is 0 Å². The fourth-order valence-corrected chi connectivity index (χ4v) is 1.82. The van der Waals surface area contributed by atoms with E-state index in [2.05, 4.69) is 18.6 Å². The van der Waals surface area contributed by atoms with Crippen LogP contribution in [0.1, 0.15) is 46.5 Å². The number of carbonyl (C=O) groups is 2. The summed E-state index contributed by atoms with van der Waals surface area (Å²) in [4.78, 5) is 25.0. The highest BCUT2D eigenvalue weighted by atomic mass is 16.5. The molecule has 0 bridgehead atoms. The fraction of sp³-hybridized carbons (Fsp3) is 0.857. The molecule has 0 aromatic carbocycles. The van der Waals surface area contributed by atoms with Gasteiger partial charge in [-0.15, -0.1) is 0 Å². The first kappa shape index (κ1) is 17.9. The first-order chi connectivity index (χ1) is 8.94. The smallest absolute Gasteiger partial charge is 0.325 e. The third kappa shape index (κ3) is 7.82. The lowest BCUT2D eigenvalue weighted by molar-refractivity contribution is -0.147. The Hall–Kier alpha value is -1.10. The number of methoxy groups -OCH3 is 1. The highest BCUT2D eigenvalue weighted by Gasteiger charge is 2.20. The molecule has 0 fully saturated rings. The molecule has 5 heteroatoms. The normalized spacial score (nSPS) is 12.3. The van der Waals surface area contributed by atoms with Crippen LogP contribution >= 0.6 is 0 Å². The summed E-state index contributed by atoms with van der Waals surface area (Å²) in [6.07, 6.45) is 2.11. The molecular weight excluding hydrogens is 246 g/mol. The monoisotopic (exact) mass is 273 g/mol. The lowest BCUT2D eigenvalue weighted by Gasteiger charge is -2.26. The molecule has 0 rings (SSSR count). The second-order valence-electron chi connectivity index (χ2n) is 4.92. The molecule has 0 aliphatic carbocycles. The van der Waals surface area contributed by atoms with Crippen molar-refractivity contribution in [1.82, 2.24) is 4.90 Å². The van der Waals surface area contributed by atoms with Gasteiger partial charge in [0.15, 0.2) is 0 Å². The van der Waals surface area contributed by atoms with Crippen molar-refractivity contribution < 1.29 is 19.4 Å². The van der Waals surface area contributed by atoms with E-state index in [1.54, 1.807) is 11.8 Å². The molecule has 19 heavy (non-hydrogen) atoms. The predicted octanol–water partition coefficient (Wildman–Crippen LogP) is 1.59. The van der Waals surface area contributed by atoms with Gasteiger partial charge in [-0.1, -0.05) is 26.7 Å². The first-order valence-corrected chi connectivity index (χ1v) is 6.97. The molecule has 1 N–H and O–H groups in total. The van der Waals surface area contributed by atoms with Gasteiger partial charge in [-0.2, -0.15) is 0 Å². The van der Waals surface area contributed by atoms with E-state index in [1.807, 2.05) is 0 Å². The Kier molecular flexibility index (Phi) is 9.21. The standard InChI is InChI=1S/C14H27NO4/c1-5-12(6-2)9-15(10-14(18)19-4)13(17)8-7-11(3)16/h11-12,16H,5-10H2,1-4H3. The van der Waals surface area contributed by atoms with Gasteiger partial charge >= 0.3 is 5.97 Å². The molecule has 0 aromatic rings. The van der Waals surface area contributed by atoms with E-state index < -0.39 is 12.1 Å². The van der Waals surface area contributed by atoms with E-state index in [-0.39, 0.29) is 18.9 Å². The summed E-state index contributed by atoms with van der Waals surface area (Å²) >= 11 is 0. The summed E-state index contributed by atoms with van der Waals surface area (Å²) in [6, 6.07) is 0. The van der Waals surface area contributed by atoms with Crippen LogP contribution in [-0.2, 0) is 14.3 Å². The highest BCUT2D eigenvalue weighted by molar-refractivity contribution is 5.82. The number of carbonyl (C=O) groups excluding carboxylic acids is 2. The van der Waals surface area contributed by atoms with Gasteiger partial charge in [0.25, 0.3) is 0 Å². The predicted molar refractivity (Wildman–Crippen MR) is 73.6 cm³/mol. The number of rotatable bonds is 9. The summed E-state index contributed by atoms with van der Waals surface area (Å²) in [5, 5.41) is 9.22. The molecule has 0 spiro atoms. The van der Waals surface area contributed by atoms with E-state index in [0.717, 1.165) is 12.8 Å². The average molecular weight is 273 g/mol. The summed E-state index contributed by atoms with van der Waals surface area (Å²) in [5.41, 5.74) is 0. The maximum absolute atomic E-state index is 12.1. The van der Waals surface area contributed by atoms with E-state index in [1.165, 1.54) is 7.11 Å². The van der Waals surface area contributed by atoms with Gasteiger partial charge in [-0.05, 0) is 19.3 Å². The molecule has 1 unspecified atom stereocenters. The fourth-order valence-electron chi connectivity index (χ4n) is 1.82. The van der Waals surface area contributed by atoms with Crippen LogP contribution in [0.4, 0.5) is 0 Å². The molecule has 1 atom stereocenters. The first-order valence-electron chi connectivity index (χ1n) is 6.97. The van der Waals surface area contributed by atoms with Crippen molar-refractivity contribution in [3.8, 4) is 0 Å². The number of nitrogens with zero attached hydrogens (tertiary/aromatic N) is 1. The highest BCUT2D eigenvalue weighted by Crippen LogP contribution is 2.12. The van der Waals surface area contributed by atoms with Crippen molar-refractivity contribution in [2.45, 2.75) is 52.6 Å². The Morgan fingerprint density at radius 2 is 1.84 bits per heavy atom. The Balaban J connectivity index is 4.55. The van der Waals surface area contributed by atoms with E-state index in [9.17, 15) is 14.7 Å². The Labute approximate surface area is 115 Å². The number of hydrogen-bond donors (Lipinski definition) is 1. The van der Waals surface area contributed by atoms with Crippen molar-refractivity contribution >= 4 is 11.9 Å². The number of amides is 1. The van der Waals surface area contributed by atoms with E-state index in [4.69, 9.17) is 0 Å². The lowest BCUT2D eigenvalue weighted by atomic mass is 10.0. The molecule has 0 saturated carbocycles. The molecule has 0 heterocycles. The molecule has 0 radical (unpaired) electrons. The summed E-state index contributed by atoms with van der Waals surface area (Å²) < 4.78 is 4.62. The van der Waals surface area contributed by atoms with Gasteiger partial charge in [0.1, 0.15) is 6.54 Å². The summed E-state index contributed by atoms with van der Waals surface area (Å²) in [7, 11) is 1.32. The van der Waals surface area contributed by atoms with Gasteiger partial charge in [-0.25, -0.2) is 0 Å². The second kappa shape index (κ2) is 9.78. The third-order valence-corrected chi connectivity index (χ3v) is 3.31. The Morgan fingerprint density at radius 3 is 2.26 bits per heavy atom. The summed E-state index contributed by atoms with van der Waals surface area (Å²) in [6.45, 7) is 6.36. The van der Waals surface area contributed by atoms with E-state index in [0.29, 0.717) is 18.9 Å². The van der Waals surface area contributed by atoms with Crippen LogP contribution in [0, 0.1) is 5.92 Å². The molecule has 0 saturated heterocycles. The third-order valence-electron chi connectivity index (χ3n) is 3.31. The Morgan fingerprint density at radius 1 is 1.26 bits per heavy atom. The van der Waals surface area contributed by atoms with Crippen molar-refractivity contribution in [1.29, 1.82) is 0 Å². The molecular formula is C14H27NO4. The number of ether oxygens (including phenoxy) is 1. The van der Waals surface area contributed by atoms with Crippen molar-refractivity contribution in [2.75, 3.05) is 20.2 Å². The van der Waals surface area contributed by atoms with Gasteiger partial charge in [-0.3, -0.25) is 9.59 Å². The number of hydrogen-bond acceptors (Lipinski definition) is 4. The molecule has 0 aliphatic heterocycles. The molecule has 1 amide bonds. The van der Waals surface area contributed by atoms with Crippen LogP contribution in [0.25, 0.3) is 0 Å². The van der Waals surface area contributed by atoms with Crippen LogP contribution in [0.15, 0.2) is 0 Å². The zero-order valence-corrected chi connectivity index (χ0v) is 12.5. The largest absolute Gasteiger partial charge is 0.468 e. The lowest BCUT2D eigenvalue weighted by Crippen LogP contribution is -2.39. The molecule has 5 nitrogen and oxygen atoms in total.